The van der Waals surface area contributed by atoms with Gasteiger partial charge < -0.3 is 15.0 Å². The smallest absolute Gasteiger partial charge is 0.240 e. The topological polar surface area (TPSA) is 96.5 Å². The molecule has 1 aromatic carbocycles. The summed E-state index contributed by atoms with van der Waals surface area (Å²) in [6.45, 7) is 4.56. The van der Waals surface area contributed by atoms with E-state index in [1.54, 1.807) is 19.2 Å². The van der Waals surface area contributed by atoms with E-state index in [0.717, 1.165) is 18.9 Å². The molecule has 2 N–H and O–H groups in total. The van der Waals surface area contributed by atoms with Gasteiger partial charge in [-0.1, -0.05) is 0 Å². The molecule has 2 heterocycles. The van der Waals surface area contributed by atoms with Gasteiger partial charge in [0, 0.05) is 32.2 Å². The van der Waals surface area contributed by atoms with Crippen LogP contribution in [0.5, 0.6) is 5.75 Å². The predicted molar refractivity (Wildman–Crippen MR) is 110 cm³/mol. The molecule has 0 amide bonds. The molecule has 28 heavy (non-hydrogen) atoms. The van der Waals surface area contributed by atoms with Gasteiger partial charge in [0.1, 0.15) is 23.2 Å². The lowest BCUT2D eigenvalue weighted by Gasteiger charge is -2.28. The fraction of sp³-hybridized carbons (Fsp3) is 0.474. The monoisotopic (exact) mass is 405 g/mol. The van der Waals surface area contributed by atoms with E-state index in [0.29, 0.717) is 23.9 Å². The van der Waals surface area contributed by atoms with Gasteiger partial charge in [0.15, 0.2) is 0 Å². The molecule has 0 saturated carbocycles. The fourth-order valence-corrected chi connectivity index (χ4v) is 4.17. The van der Waals surface area contributed by atoms with Crippen molar-refractivity contribution < 1.29 is 13.2 Å². The number of anilines is 2. The second kappa shape index (κ2) is 9.20. The molecule has 3 rings (SSSR count). The van der Waals surface area contributed by atoms with Gasteiger partial charge in [-0.15, -0.1) is 0 Å². The second-order valence-corrected chi connectivity index (χ2v) is 8.47. The van der Waals surface area contributed by atoms with Gasteiger partial charge in [-0.2, -0.15) is 0 Å². The quantitative estimate of drug-likeness (QED) is 0.650. The highest BCUT2D eigenvalue weighted by Gasteiger charge is 2.15. The van der Waals surface area contributed by atoms with Gasteiger partial charge in [0.2, 0.25) is 10.0 Å². The minimum absolute atomic E-state index is 0.207. The maximum absolute atomic E-state index is 12.3. The summed E-state index contributed by atoms with van der Waals surface area (Å²) in [6.07, 6.45) is 3.62. The minimum atomic E-state index is -3.56. The summed E-state index contributed by atoms with van der Waals surface area (Å²) in [5.41, 5.74) is 0. The lowest BCUT2D eigenvalue weighted by atomic mass is 10.1. The van der Waals surface area contributed by atoms with E-state index in [4.69, 9.17) is 4.74 Å². The van der Waals surface area contributed by atoms with Crippen LogP contribution in [-0.2, 0) is 10.0 Å². The number of rotatable bonds is 8. The van der Waals surface area contributed by atoms with E-state index < -0.39 is 10.0 Å². The molecule has 0 unspecified atom stereocenters. The maximum atomic E-state index is 12.3. The molecule has 9 heteroatoms. The third-order valence-corrected chi connectivity index (χ3v) is 6.07. The molecule has 0 spiro atoms. The van der Waals surface area contributed by atoms with Crippen molar-refractivity contribution >= 4 is 21.7 Å². The Hall–Kier alpha value is -2.39. The second-order valence-electron chi connectivity index (χ2n) is 6.71. The number of nitrogens with one attached hydrogen (secondary N) is 2. The van der Waals surface area contributed by atoms with Gasteiger partial charge in [-0.05, 0) is 50.5 Å². The standard InChI is InChI=1S/C19H27N5O3S/c1-15-22-18(14-19(23-15)24-12-4-3-5-13-24)20-10-11-21-28(25,26)17-8-6-16(27-2)7-9-17/h6-9,14,21H,3-5,10-13H2,1-2H3,(H,20,22,23). The lowest BCUT2D eigenvalue weighted by molar-refractivity contribution is 0.414. The average Bonchev–Trinajstić information content (AvgIpc) is 2.71. The zero-order valence-electron chi connectivity index (χ0n) is 16.3. The number of nitrogens with zero attached hydrogens (tertiary/aromatic N) is 3. The molecule has 1 aliphatic heterocycles. The first-order valence-electron chi connectivity index (χ1n) is 9.46. The van der Waals surface area contributed by atoms with Crippen molar-refractivity contribution in [3.8, 4) is 5.75 Å². The van der Waals surface area contributed by atoms with Crippen LogP contribution < -0.4 is 19.7 Å². The molecule has 0 atom stereocenters. The first-order chi connectivity index (χ1) is 13.5. The zero-order valence-corrected chi connectivity index (χ0v) is 17.1. The summed E-state index contributed by atoms with van der Waals surface area (Å²) < 4.78 is 32.3. The van der Waals surface area contributed by atoms with Crippen LogP contribution in [0.15, 0.2) is 35.2 Å². The van der Waals surface area contributed by atoms with Crippen LogP contribution in [0.1, 0.15) is 25.1 Å². The Morgan fingerprint density at radius 3 is 2.46 bits per heavy atom. The number of hydrogen-bond acceptors (Lipinski definition) is 7. The summed E-state index contributed by atoms with van der Waals surface area (Å²) in [5, 5.41) is 3.18. The molecule has 1 aromatic heterocycles. The molecule has 0 bridgehead atoms. The molecular weight excluding hydrogens is 378 g/mol. The van der Waals surface area contributed by atoms with E-state index >= 15 is 0 Å². The molecule has 1 fully saturated rings. The Balaban J connectivity index is 1.55. The van der Waals surface area contributed by atoms with Gasteiger partial charge >= 0.3 is 0 Å². The Morgan fingerprint density at radius 1 is 1.07 bits per heavy atom. The van der Waals surface area contributed by atoms with Crippen LogP contribution in [0.3, 0.4) is 0 Å². The highest BCUT2D eigenvalue weighted by molar-refractivity contribution is 7.89. The van der Waals surface area contributed by atoms with E-state index in [1.807, 2.05) is 13.0 Å². The molecule has 2 aromatic rings. The number of benzene rings is 1. The summed E-state index contributed by atoms with van der Waals surface area (Å²) in [4.78, 5) is 11.4. The molecular formula is C19H27N5O3S. The fourth-order valence-electron chi connectivity index (χ4n) is 3.14. The molecule has 0 aliphatic carbocycles. The van der Waals surface area contributed by atoms with Crippen molar-refractivity contribution in [3.05, 3.63) is 36.2 Å². The van der Waals surface area contributed by atoms with Crippen LogP contribution >= 0.6 is 0 Å². The Bertz CT molecular complexity index is 881. The van der Waals surface area contributed by atoms with Gasteiger partial charge in [0.25, 0.3) is 0 Å². The number of methoxy groups -OCH3 is 1. The van der Waals surface area contributed by atoms with E-state index in [9.17, 15) is 8.42 Å². The van der Waals surface area contributed by atoms with Crippen molar-refractivity contribution in [2.24, 2.45) is 0 Å². The van der Waals surface area contributed by atoms with Crippen molar-refractivity contribution in [2.75, 3.05) is 43.5 Å². The summed E-state index contributed by atoms with van der Waals surface area (Å²) >= 11 is 0. The van der Waals surface area contributed by atoms with Gasteiger partial charge in [-0.3, -0.25) is 0 Å². The highest BCUT2D eigenvalue weighted by Crippen LogP contribution is 2.20. The van der Waals surface area contributed by atoms with Crippen LogP contribution in [0.4, 0.5) is 11.6 Å². The minimum Gasteiger partial charge on any atom is -0.497 e. The Kier molecular flexibility index (Phi) is 6.69. The summed E-state index contributed by atoms with van der Waals surface area (Å²) in [7, 11) is -2.02. The van der Waals surface area contributed by atoms with E-state index in [-0.39, 0.29) is 11.4 Å². The zero-order chi connectivity index (χ0) is 20.0. The number of sulfonamides is 1. The maximum Gasteiger partial charge on any atom is 0.240 e. The molecule has 1 aliphatic rings. The number of aromatic nitrogens is 2. The third kappa shape index (κ3) is 5.32. The van der Waals surface area contributed by atoms with Crippen LogP contribution in [0, 0.1) is 6.92 Å². The number of ether oxygens (including phenoxy) is 1. The number of hydrogen-bond donors (Lipinski definition) is 2. The molecule has 152 valence electrons. The SMILES string of the molecule is COc1ccc(S(=O)(=O)NCCNc2cc(N3CCCCC3)nc(C)n2)cc1. The average molecular weight is 406 g/mol. The lowest BCUT2D eigenvalue weighted by Crippen LogP contribution is -2.31. The summed E-state index contributed by atoms with van der Waals surface area (Å²) in [6, 6.07) is 8.22. The normalized spacial score (nSPS) is 14.7. The highest BCUT2D eigenvalue weighted by atomic mass is 32.2. The van der Waals surface area contributed by atoms with Crippen molar-refractivity contribution in [1.82, 2.24) is 14.7 Å². The number of piperidine rings is 1. The Morgan fingerprint density at radius 2 is 1.79 bits per heavy atom. The van der Waals surface area contributed by atoms with Gasteiger partial charge in [-0.25, -0.2) is 23.1 Å². The number of aryl methyl sites for hydroxylation is 1. The van der Waals surface area contributed by atoms with Crippen molar-refractivity contribution in [1.29, 1.82) is 0 Å². The molecule has 8 nitrogen and oxygen atoms in total. The van der Waals surface area contributed by atoms with E-state index in [2.05, 4.69) is 24.9 Å². The molecule has 1 saturated heterocycles. The first-order valence-corrected chi connectivity index (χ1v) is 10.9. The third-order valence-electron chi connectivity index (χ3n) is 4.60. The first kappa shape index (κ1) is 20.3. The van der Waals surface area contributed by atoms with E-state index in [1.165, 1.54) is 31.4 Å². The van der Waals surface area contributed by atoms with Crippen LogP contribution in [0.2, 0.25) is 0 Å². The van der Waals surface area contributed by atoms with Crippen molar-refractivity contribution in [2.45, 2.75) is 31.1 Å². The molecule has 0 radical (unpaired) electrons. The van der Waals surface area contributed by atoms with Crippen LogP contribution in [-0.4, -0.2) is 51.7 Å². The Labute approximate surface area is 166 Å². The van der Waals surface area contributed by atoms with Crippen molar-refractivity contribution in [3.63, 3.8) is 0 Å². The largest absolute Gasteiger partial charge is 0.497 e. The van der Waals surface area contributed by atoms with Crippen LogP contribution in [0.25, 0.3) is 0 Å². The summed E-state index contributed by atoms with van der Waals surface area (Å²) in [5.74, 6) is 2.94. The predicted octanol–water partition coefficient (Wildman–Crippen LogP) is 2.17. The van der Waals surface area contributed by atoms with Gasteiger partial charge in [0.05, 0.1) is 12.0 Å².